The lowest BCUT2D eigenvalue weighted by Crippen LogP contribution is -2.10. The molecule has 0 saturated carbocycles. The molecule has 0 bridgehead atoms. The van der Waals surface area contributed by atoms with Gasteiger partial charge in [-0.25, -0.2) is 8.78 Å². The van der Waals surface area contributed by atoms with E-state index < -0.39 is 34.0 Å². The Balaban J connectivity index is 3.49. The highest BCUT2D eigenvalue weighted by Crippen LogP contribution is 2.44. The second-order valence-corrected chi connectivity index (χ2v) is 3.45. The van der Waals surface area contributed by atoms with Gasteiger partial charge in [0.05, 0.1) is 10.0 Å². The summed E-state index contributed by atoms with van der Waals surface area (Å²) < 4.78 is 60.9. The molecule has 84 valence electrons. The van der Waals surface area contributed by atoms with Crippen molar-refractivity contribution in [2.45, 2.75) is 12.6 Å². The number of phenolic OH excluding ortho intramolecular Hbond substituents is 1. The van der Waals surface area contributed by atoms with Gasteiger partial charge in [0.2, 0.25) is 0 Å². The molecule has 0 unspecified atom stereocenters. The second kappa shape index (κ2) is 3.96. The number of aromatic hydroxyl groups is 1. The van der Waals surface area contributed by atoms with Crippen LogP contribution in [0.25, 0.3) is 0 Å². The maximum absolute atomic E-state index is 12.4. The van der Waals surface area contributed by atoms with Gasteiger partial charge in [-0.05, 0) is 28.1 Å². The van der Waals surface area contributed by atoms with Crippen LogP contribution in [-0.4, -0.2) is 5.11 Å². The number of benzene rings is 1. The van der Waals surface area contributed by atoms with E-state index in [2.05, 4.69) is 15.9 Å². The number of rotatable bonds is 1. The van der Waals surface area contributed by atoms with E-state index in [1.54, 1.807) is 0 Å². The van der Waals surface area contributed by atoms with E-state index in [-0.39, 0.29) is 0 Å². The Bertz CT molecular complexity index is 374. The van der Waals surface area contributed by atoms with Crippen LogP contribution in [-0.2, 0) is 6.18 Å². The molecule has 1 nitrogen and oxygen atoms in total. The zero-order valence-electron chi connectivity index (χ0n) is 6.95. The number of alkyl halides is 5. The van der Waals surface area contributed by atoms with E-state index in [1.165, 1.54) is 0 Å². The highest BCUT2D eigenvalue weighted by atomic mass is 79.9. The van der Waals surface area contributed by atoms with Crippen molar-refractivity contribution in [1.82, 2.24) is 0 Å². The average molecular weight is 291 g/mol. The number of halogens is 6. The summed E-state index contributed by atoms with van der Waals surface area (Å²) in [6.07, 6.45) is -8.19. The molecule has 0 spiro atoms. The molecule has 1 aromatic rings. The summed E-state index contributed by atoms with van der Waals surface area (Å²) in [6.45, 7) is 0. The SMILES string of the molecule is Oc1ccc(C(F)F)c(C(F)(F)F)c1Br. The second-order valence-electron chi connectivity index (χ2n) is 2.66. The van der Waals surface area contributed by atoms with E-state index in [0.29, 0.717) is 6.07 Å². The predicted molar refractivity (Wildman–Crippen MR) is 45.8 cm³/mol. The molecule has 0 aliphatic carbocycles. The van der Waals surface area contributed by atoms with Crippen molar-refractivity contribution in [3.63, 3.8) is 0 Å². The molecule has 0 atom stereocenters. The minimum absolute atomic E-state index is 0.549. The van der Waals surface area contributed by atoms with Gasteiger partial charge < -0.3 is 5.11 Å². The smallest absolute Gasteiger partial charge is 0.418 e. The Morgan fingerprint density at radius 1 is 1.20 bits per heavy atom. The Morgan fingerprint density at radius 2 is 1.73 bits per heavy atom. The molecule has 1 N–H and O–H groups in total. The van der Waals surface area contributed by atoms with Gasteiger partial charge >= 0.3 is 6.18 Å². The molecule has 0 aromatic heterocycles. The van der Waals surface area contributed by atoms with E-state index in [0.717, 1.165) is 6.07 Å². The first-order chi connectivity index (χ1) is 6.75. The summed E-state index contributed by atoms with van der Waals surface area (Å²) in [6, 6.07) is 1.33. The molecule has 0 amide bonds. The summed E-state index contributed by atoms with van der Waals surface area (Å²) in [5, 5.41) is 8.98. The summed E-state index contributed by atoms with van der Waals surface area (Å²) in [5.74, 6) is -0.730. The van der Waals surface area contributed by atoms with Gasteiger partial charge in [0.15, 0.2) is 0 Å². The maximum Gasteiger partial charge on any atom is 0.418 e. The minimum Gasteiger partial charge on any atom is -0.507 e. The van der Waals surface area contributed by atoms with Crippen LogP contribution in [0.2, 0.25) is 0 Å². The van der Waals surface area contributed by atoms with E-state index in [4.69, 9.17) is 5.11 Å². The molecular weight excluding hydrogens is 287 g/mol. The standard InChI is InChI=1S/C8H4BrF5O/c9-6-4(15)2-1-3(7(10)11)5(6)8(12,13)14/h1-2,7,15H. The Hall–Kier alpha value is -0.850. The van der Waals surface area contributed by atoms with Crippen molar-refractivity contribution in [3.8, 4) is 5.75 Å². The topological polar surface area (TPSA) is 20.2 Å². The van der Waals surface area contributed by atoms with Crippen LogP contribution in [0, 0.1) is 0 Å². The van der Waals surface area contributed by atoms with Crippen molar-refractivity contribution >= 4 is 15.9 Å². The van der Waals surface area contributed by atoms with Gasteiger partial charge in [-0.3, -0.25) is 0 Å². The van der Waals surface area contributed by atoms with Crippen molar-refractivity contribution < 1.29 is 27.1 Å². The first-order valence-corrected chi connectivity index (χ1v) is 4.41. The predicted octanol–water partition coefficient (Wildman–Crippen LogP) is 4.11. The van der Waals surface area contributed by atoms with Gasteiger partial charge in [-0.15, -0.1) is 0 Å². The molecule has 0 fully saturated rings. The van der Waals surface area contributed by atoms with Crippen molar-refractivity contribution in [1.29, 1.82) is 0 Å². The molecule has 0 aliphatic heterocycles. The van der Waals surface area contributed by atoms with Gasteiger partial charge in [0.1, 0.15) is 5.75 Å². The third-order valence-corrected chi connectivity index (χ3v) is 2.48. The largest absolute Gasteiger partial charge is 0.507 e. The highest BCUT2D eigenvalue weighted by Gasteiger charge is 2.38. The molecule has 0 radical (unpaired) electrons. The minimum atomic E-state index is -4.94. The van der Waals surface area contributed by atoms with E-state index in [9.17, 15) is 22.0 Å². The van der Waals surface area contributed by atoms with Crippen LogP contribution >= 0.6 is 15.9 Å². The van der Waals surface area contributed by atoms with Gasteiger partial charge in [0.25, 0.3) is 6.43 Å². The van der Waals surface area contributed by atoms with Crippen LogP contribution in [0.1, 0.15) is 17.6 Å². The number of hydrogen-bond acceptors (Lipinski definition) is 1. The lowest BCUT2D eigenvalue weighted by Gasteiger charge is -2.14. The number of hydrogen-bond donors (Lipinski definition) is 1. The third-order valence-electron chi connectivity index (χ3n) is 1.67. The molecule has 0 saturated heterocycles. The van der Waals surface area contributed by atoms with Crippen LogP contribution in [0.3, 0.4) is 0 Å². The van der Waals surface area contributed by atoms with Crippen LogP contribution in [0.5, 0.6) is 5.75 Å². The monoisotopic (exact) mass is 290 g/mol. The Kier molecular flexibility index (Phi) is 3.22. The molecule has 15 heavy (non-hydrogen) atoms. The lowest BCUT2D eigenvalue weighted by atomic mass is 10.1. The Labute approximate surface area is 89.7 Å². The zero-order valence-corrected chi connectivity index (χ0v) is 8.53. The van der Waals surface area contributed by atoms with Gasteiger partial charge in [-0.1, -0.05) is 0 Å². The summed E-state index contributed by atoms with van der Waals surface area (Å²) >= 11 is 2.43. The molecule has 0 heterocycles. The normalized spacial score (nSPS) is 12.2. The van der Waals surface area contributed by atoms with Crippen LogP contribution in [0.4, 0.5) is 22.0 Å². The summed E-state index contributed by atoms with van der Waals surface area (Å²) in [5.41, 5.74) is -2.70. The van der Waals surface area contributed by atoms with E-state index in [1.807, 2.05) is 0 Å². The van der Waals surface area contributed by atoms with Crippen molar-refractivity contribution in [2.24, 2.45) is 0 Å². The van der Waals surface area contributed by atoms with Crippen molar-refractivity contribution in [2.75, 3.05) is 0 Å². The average Bonchev–Trinajstić information content (AvgIpc) is 2.06. The van der Waals surface area contributed by atoms with Crippen LogP contribution < -0.4 is 0 Å². The quantitative estimate of drug-likeness (QED) is 0.772. The molecular formula is C8H4BrF5O. The fourth-order valence-electron chi connectivity index (χ4n) is 1.05. The molecule has 0 aliphatic rings. The fourth-order valence-corrected chi connectivity index (χ4v) is 1.64. The summed E-state index contributed by atoms with van der Waals surface area (Å²) in [7, 11) is 0. The molecule has 7 heteroatoms. The molecule has 1 aromatic carbocycles. The van der Waals surface area contributed by atoms with Crippen molar-refractivity contribution in [3.05, 3.63) is 27.7 Å². The zero-order chi connectivity index (χ0) is 11.8. The molecule has 1 rings (SSSR count). The first-order valence-electron chi connectivity index (χ1n) is 3.62. The van der Waals surface area contributed by atoms with Gasteiger partial charge in [-0.2, -0.15) is 13.2 Å². The van der Waals surface area contributed by atoms with Crippen LogP contribution in [0.15, 0.2) is 16.6 Å². The summed E-state index contributed by atoms with van der Waals surface area (Å²) in [4.78, 5) is 0. The third kappa shape index (κ3) is 2.39. The maximum atomic E-state index is 12.4. The fraction of sp³-hybridized carbons (Fsp3) is 0.250. The highest BCUT2D eigenvalue weighted by molar-refractivity contribution is 9.10. The number of phenols is 1. The van der Waals surface area contributed by atoms with E-state index >= 15 is 0 Å². The first kappa shape index (κ1) is 12.2. The Morgan fingerprint density at radius 3 is 2.13 bits per heavy atom. The lowest BCUT2D eigenvalue weighted by molar-refractivity contribution is -0.140. The van der Waals surface area contributed by atoms with Gasteiger partial charge in [0, 0.05) is 5.56 Å².